The SMILES string of the molecule is CCC(O)(c1ccc(Cl)cc1)C1CCN(B(C)O)CC1.CCC(O)(c1ccc(Cl)cc1)C1CCN(C(=O)C2CCN(Cc3ccnc(N)c3)CC2)CC1. The predicted molar refractivity (Wildman–Crippen MR) is 215 cm³/mol. The number of pyridine rings is 1. The summed E-state index contributed by atoms with van der Waals surface area (Å²) in [5.41, 5.74) is 7.15. The van der Waals surface area contributed by atoms with Gasteiger partial charge in [0.05, 0.1) is 11.2 Å². The highest BCUT2D eigenvalue weighted by Gasteiger charge is 2.41. The van der Waals surface area contributed by atoms with Gasteiger partial charge in [-0.2, -0.15) is 0 Å². The molecule has 3 aliphatic heterocycles. The third kappa shape index (κ3) is 10.3. The molecule has 0 bridgehead atoms. The molecule has 12 heteroatoms. The number of carbonyl (C=O) groups excluding carboxylic acids is 1. The van der Waals surface area contributed by atoms with Crippen LogP contribution in [0.1, 0.15) is 81.9 Å². The van der Waals surface area contributed by atoms with Gasteiger partial charge in [0.25, 0.3) is 0 Å². The van der Waals surface area contributed by atoms with Gasteiger partial charge >= 0.3 is 7.05 Å². The van der Waals surface area contributed by atoms with Crippen molar-refractivity contribution in [2.75, 3.05) is 45.0 Å². The van der Waals surface area contributed by atoms with Gasteiger partial charge in [-0.25, -0.2) is 4.98 Å². The zero-order chi connectivity index (χ0) is 38.2. The number of halogens is 2. The first-order valence-corrected chi connectivity index (χ1v) is 20.2. The average Bonchev–Trinajstić information content (AvgIpc) is 3.18. The van der Waals surface area contributed by atoms with Gasteiger partial charge in [0.2, 0.25) is 5.91 Å². The number of aliphatic hydroxyl groups is 2. The Morgan fingerprint density at radius 2 is 1.26 bits per heavy atom. The van der Waals surface area contributed by atoms with Crippen molar-refractivity contribution in [3.8, 4) is 0 Å². The number of nitrogens with zero attached hydrogens (tertiary/aromatic N) is 4. The molecule has 3 aromatic rings. The number of nitrogen functional groups attached to an aromatic ring is 1. The lowest BCUT2D eigenvalue weighted by atomic mass is 9.72. The summed E-state index contributed by atoms with van der Waals surface area (Å²) in [4.78, 5) is 23.7. The van der Waals surface area contributed by atoms with Crippen LogP contribution in [0.5, 0.6) is 0 Å². The van der Waals surface area contributed by atoms with E-state index in [4.69, 9.17) is 28.9 Å². The summed E-state index contributed by atoms with van der Waals surface area (Å²) < 4.78 is 0. The Morgan fingerprint density at radius 1 is 0.792 bits per heavy atom. The number of piperidine rings is 3. The molecule has 2 aromatic carbocycles. The second-order valence-corrected chi connectivity index (χ2v) is 16.1. The molecule has 4 heterocycles. The van der Waals surface area contributed by atoms with Crippen LogP contribution in [0.25, 0.3) is 0 Å². The van der Waals surface area contributed by atoms with Gasteiger partial charge < -0.3 is 30.7 Å². The van der Waals surface area contributed by atoms with Crippen molar-refractivity contribution in [3.05, 3.63) is 93.6 Å². The normalized spacial score (nSPS) is 20.6. The van der Waals surface area contributed by atoms with Crippen LogP contribution in [0.2, 0.25) is 16.9 Å². The van der Waals surface area contributed by atoms with Crippen molar-refractivity contribution in [1.82, 2.24) is 19.6 Å². The Morgan fingerprint density at radius 3 is 1.70 bits per heavy atom. The maximum atomic E-state index is 13.2. The van der Waals surface area contributed by atoms with Crippen LogP contribution in [-0.4, -0.2) is 87.1 Å². The van der Waals surface area contributed by atoms with Gasteiger partial charge in [-0.3, -0.25) is 9.69 Å². The lowest BCUT2D eigenvalue weighted by Gasteiger charge is -2.43. The van der Waals surface area contributed by atoms with Gasteiger partial charge in [0.15, 0.2) is 0 Å². The van der Waals surface area contributed by atoms with Crippen LogP contribution in [-0.2, 0) is 22.5 Å². The molecule has 6 rings (SSSR count). The second kappa shape index (κ2) is 18.8. The van der Waals surface area contributed by atoms with E-state index in [0.717, 1.165) is 95.5 Å². The smallest absolute Gasteiger partial charge is 0.376 e. The van der Waals surface area contributed by atoms with Gasteiger partial charge in [0, 0.05) is 41.8 Å². The molecule has 3 fully saturated rings. The number of likely N-dealkylation sites (tertiary alicyclic amines) is 2. The Bertz CT molecular complexity index is 1590. The van der Waals surface area contributed by atoms with Crippen molar-refractivity contribution in [2.24, 2.45) is 17.8 Å². The van der Waals surface area contributed by atoms with Crippen molar-refractivity contribution in [3.63, 3.8) is 0 Å². The second-order valence-electron chi connectivity index (χ2n) is 15.3. The molecule has 53 heavy (non-hydrogen) atoms. The van der Waals surface area contributed by atoms with E-state index in [0.29, 0.717) is 28.7 Å². The summed E-state index contributed by atoms with van der Waals surface area (Å²) in [5.74, 6) is 1.30. The van der Waals surface area contributed by atoms with E-state index in [2.05, 4.69) is 14.7 Å². The quantitative estimate of drug-likeness (QED) is 0.166. The number of hydrogen-bond acceptors (Lipinski definition) is 8. The lowest BCUT2D eigenvalue weighted by molar-refractivity contribution is -0.140. The van der Waals surface area contributed by atoms with Crippen molar-refractivity contribution in [2.45, 2.75) is 89.8 Å². The first kappa shape index (κ1) is 41.5. The molecule has 288 valence electrons. The summed E-state index contributed by atoms with van der Waals surface area (Å²) >= 11 is 12.0. The third-order valence-corrected chi connectivity index (χ3v) is 12.7. The van der Waals surface area contributed by atoms with E-state index in [9.17, 15) is 20.0 Å². The van der Waals surface area contributed by atoms with Crippen LogP contribution in [0.15, 0.2) is 66.9 Å². The highest BCUT2D eigenvalue weighted by atomic mass is 35.5. The van der Waals surface area contributed by atoms with Gasteiger partial charge in [-0.05, 0) is 149 Å². The van der Waals surface area contributed by atoms with Crippen molar-refractivity contribution in [1.29, 1.82) is 0 Å². The van der Waals surface area contributed by atoms with E-state index in [1.54, 1.807) is 13.0 Å². The number of anilines is 1. The lowest BCUT2D eigenvalue weighted by Crippen LogP contribution is -2.48. The van der Waals surface area contributed by atoms with Crippen LogP contribution in [0, 0.1) is 17.8 Å². The van der Waals surface area contributed by atoms with Crippen LogP contribution in [0.4, 0.5) is 5.82 Å². The molecule has 0 aliphatic carbocycles. The molecular formula is C41H58BCl2N5O4. The summed E-state index contributed by atoms with van der Waals surface area (Å²) in [7, 11) is -0.402. The van der Waals surface area contributed by atoms with Crippen LogP contribution < -0.4 is 5.73 Å². The van der Waals surface area contributed by atoms with E-state index < -0.39 is 18.3 Å². The number of hydrogen-bond donors (Lipinski definition) is 4. The monoisotopic (exact) mass is 765 g/mol. The van der Waals surface area contributed by atoms with E-state index in [-0.39, 0.29) is 23.7 Å². The predicted octanol–water partition coefficient (Wildman–Crippen LogP) is 6.83. The molecular weight excluding hydrogens is 708 g/mol. The molecule has 1 aromatic heterocycles. The third-order valence-electron chi connectivity index (χ3n) is 12.2. The number of carbonyl (C=O) groups is 1. The molecule has 2 atom stereocenters. The fourth-order valence-corrected chi connectivity index (χ4v) is 8.96. The number of rotatable bonds is 10. The molecule has 3 aliphatic rings. The maximum absolute atomic E-state index is 13.2. The minimum Gasteiger partial charge on any atom is -0.437 e. The number of benzene rings is 2. The molecule has 0 saturated carbocycles. The zero-order valence-electron chi connectivity index (χ0n) is 31.6. The van der Waals surface area contributed by atoms with E-state index in [1.807, 2.05) is 79.4 Å². The number of aromatic nitrogens is 1. The fourth-order valence-electron chi connectivity index (χ4n) is 8.71. The summed E-state index contributed by atoms with van der Waals surface area (Å²) in [6, 6.07) is 19.0. The summed E-state index contributed by atoms with van der Waals surface area (Å²) in [6.07, 6.45) is 8.31. The van der Waals surface area contributed by atoms with Crippen LogP contribution >= 0.6 is 23.2 Å². The summed E-state index contributed by atoms with van der Waals surface area (Å²) in [6.45, 7) is 11.6. The molecule has 1 amide bonds. The van der Waals surface area contributed by atoms with Crippen molar-refractivity contribution < 1.29 is 20.0 Å². The van der Waals surface area contributed by atoms with Gasteiger partial charge in [0.1, 0.15) is 5.82 Å². The van der Waals surface area contributed by atoms with Gasteiger partial charge in [-0.15, -0.1) is 0 Å². The Kier molecular flexibility index (Phi) is 14.7. The minimum absolute atomic E-state index is 0.0987. The molecule has 0 radical (unpaired) electrons. The average molecular weight is 767 g/mol. The van der Waals surface area contributed by atoms with Gasteiger partial charge in [-0.1, -0.05) is 61.3 Å². The minimum atomic E-state index is -0.874. The zero-order valence-corrected chi connectivity index (χ0v) is 33.2. The molecule has 9 nitrogen and oxygen atoms in total. The Labute approximate surface area is 326 Å². The molecule has 3 saturated heterocycles. The standard InChI is InChI=1S/C26H35ClN4O2.C15H23BClNO2/c1-2-26(33,21-3-5-23(27)6-4-21)22-10-15-31(16-11-22)25(32)20-8-13-30(14-9-20)18-19-7-12-29-24(28)17-19;1-3-15(19,12-4-6-14(17)7-5-12)13-8-10-18(11-9-13)16(2)20/h3-7,12,17,20,22,33H,2,8-11,13-16,18H2,1H3,(H2,28,29);4-7,13,19-20H,3,8-11H2,1-2H3. The Balaban J connectivity index is 0.000000231. The molecule has 2 unspecified atom stereocenters. The Hall–Kier alpha value is -2.70. The number of amides is 1. The highest BCUT2D eigenvalue weighted by molar-refractivity contribution is 6.45. The number of nitrogens with two attached hydrogens (primary N) is 1. The first-order chi connectivity index (χ1) is 25.4. The van der Waals surface area contributed by atoms with E-state index in [1.165, 1.54) is 5.56 Å². The molecule has 5 N–H and O–H groups in total. The fraction of sp³-hybridized carbons (Fsp3) is 0.561. The largest absolute Gasteiger partial charge is 0.437 e. The van der Waals surface area contributed by atoms with E-state index >= 15 is 0 Å². The maximum Gasteiger partial charge on any atom is 0.376 e. The van der Waals surface area contributed by atoms with Crippen LogP contribution in [0.3, 0.4) is 0 Å². The summed E-state index contributed by atoms with van der Waals surface area (Å²) in [5, 5.41) is 33.6. The molecule has 0 spiro atoms. The highest BCUT2D eigenvalue weighted by Crippen LogP contribution is 2.41. The first-order valence-electron chi connectivity index (χ1n) is 19.5. The topological polar surface area (TPSA) is 126 Å². The van der Waals surface area contributed by atoms with Crippen molar-refractivity contribution >= 4 is 42.0 Å².